The second-order valence-electron chi connectivity index (χ2n) is 8.19. The molecule has 2 heterocycles. The van der Waals surface area contributed by atoms with E-state index in [0.29, 0.717) is 28.3 Å². The molecule has 4 N–H and O–H groups in total. The van der Waals surface area contributed by atoms with Gasteiger partial charge in [0.2, 0.25) is 0 Å². The maximum Gasteiger partial charge on any atom is 0.265 e. The summed E-state index contributed by atoms with van der Waals surface area (Å²) in [6.07, 6.45) is 2.22. The van der Waals surface area contributed by atoms with Crippen LogP contribution in [-0.4, -0.2) is 34.4 Å². The van der Waals surface area contributed by atoms with Crippen molar-refractivity contribution in [1.29, 1.82) is 0 Å². The number of aromatic hydroxyl groups is 2. The Morgan fingerprint density at radius 2 is 1.92 bits per heavy atom. The summed E-state index contributed by atoms with van der Waals surface area (Å²) < 4.78 is 5.07. The fraction of sp³-hybridized carbons (Fsp3) is 0.0714. The average molecular weight is 498 g/mol. The van der Waals surface area contributed by atoms with Gasteiger partial charge in [-0.3, -0.25) is 9.79 Å². The van der Waals surface area contributed by atoms with E-state index in [2.05, 4.69) is 15.3 Å². The number of thiophene rings is 1. The third kappa shape index (κ3) is 4.94. The Morgan fingerprint density at radius 3 is 2.69 bits per heavy atom. The predicted octanol–water partition coefficient (Wildman–Crippen LogP) is 6.24. The molecule has 0 aliphatic heterocycles. The number of aromatic amines is 1. The number of carbonyl (C=O) groups is 1. The minimum atomic E-state index is -0.125. The zero-order valence-electron chi connectivity index (χ0n) is 19.4. The molecule has 180 valence electrons. The lowest BCUT2D eigenvalue weighted by molar-refractivity contribution is 0.103. The molecule has 7 nitrogen and oxygen atoms in total. The first-order valence-electron chi connectivity index (χ1n) is 11.2. The van der Waals surface area contributed by atoms with Crippen LogP contribution in [-0.2, 0) is 6.42 Å². The van der Waals surface area contributed by atoms with Gasteiger partial charge in [0.15, 0.2) is 17.4 Å². The lowest BCUT2D eigenvalue weighted by Crippen LogP contribution is -2.10. The number of carbonyl (C=O) groups excluding carboxylic acids is 1. The number of phenolic OH excluding ortho intramolecular Hbond substituents is 1. The second kappa shape index (κ2) is 9.97. The van der Waals surface area contributed by atoms with E-state index in [1.165, 1.54) is 24.5 Å². The minimum Gasteiger partial charge on any atom is -0.504 e. The number of hydrogen-bond acceptors (Lipinski definition) is 6. The van der Waals surface area contributed by atoms with Gasteiger partial charge in [-0.05, 0) is 65.4 Å². The quantitative estimate of drug-likeness (QED) is 0.200. The summed E-state index contributed by atoms with van der Waals surface area (Å²) in [4.78, 5) is 20.4. The van der Waals surface area contributed by atoms with E-state index < -0.39 is 0 Å². The van der Waals surface area contributed by atoms with Crippen LogP contribution in [0.1, 0.15) is 26.4 Å². The van der Waals surface area contributed by atoms with E-state index in [4.69, 9.17) is 4.74 Å². The Morgan fingerprint density at radius 1 is 1.06 bits per heavy atom. The number of ether oxygens (including phenoxy) is 1. The molecule has 0 fully saturated rings. The van der Waals surface area contributed by atoms with Gasteiger partial charge < -0.3 is 25.3 Å². The van der Waals surface area contributed by atoms with Gasteiger partial charge in [-0.25, -0.2) is 0 Å². The van der Waals surface area contributed by atoms with Gasteiger partial charge in [0, 0.05) is 28.9 Å². The molecule has 0 spiro atoms. The number of hydrogen-bond donors (Lipinski definition) is 4. The number of fused-ring (bicyclic) bond motifs is 1. The van der Waals surface area contributed by atoms with Crippen molar-refractivity contribution >= 4 is 45.7 Å². The van der Waals surface area contributed by atoms with Crippen molar-refractivity contribution in [1.82, 2.24) is 4.98 Å². The first-order valence-corrected chi connectivity index (χ1v) is 12.1. The molecule has 5 rings (SSSR count). The molecule has 0 aliphatic carbocycles. The number of rotatable bonds is 7. The number of benzene rings is 3. The van der Waals surface area contributed by atoms with Gasteiger partial charge >= 0.3 is 0 Å². The number of nitrogens with zero attached hydrogens (tertiary/aromatic N) is 1. The fourth-order valence-corrected chi connectivity index (χ4v) is 4.60. The minimum absolute atomic E-state index is 0.00797. The van der Waals surface area contributed by atoms with Crippen LogP contribution in [0, 0.1) is 0 Å². The van der Waals surface area contributed by atoms with Gasteiger partial charge in [-0.1, -0.05) is 24.3 Å². The van der Waals surface area contributed by atoms with Crippen molar-refractivity contribution in [2.75, 3.05) is 12.4 Å². The van der Waals surface area contributed by atoms with Crippen molar-refractivity contribution in [2.24, 2.45) is 4.99 Å². The van der Waals surface area contributed by atoms with Crippen molar-refractivity contribution in [3.63, 3.8) is 0 Å². The number of aromatic nitrogens is 1. The number of methoxy groups -OCH3 is 1. The van der Waals surface area contributed by atoms with Crippen LogP contribution in [0.2, 0.25) is 0 Å². The van der Waals surface area contributed by atoms with E-state index in [1.54, 1.807) is 24.4 Å². The fourth-order valence-electron chi connectivity index (χ4n) is 3.98. The number of anilines is 1. The Kier molecular flexibility index (Phi) is 6.42. The summed E-state index contributed by atoms with van der Waals surface area (Å²) in [6.45, 7) is 0. The molecule has 0 bridgehead atoms. The summed E-state index contributed by atoms with van der Waals surface area (Å²) in [5.41, 5.74) is 4.69. The number of H-pyrrole nitrogens is 1. The standard InChI is InChI=1S/C28H23N3O4S/c1-35-25-10-8-19(15-24(25)32)29-16-22-21-14-18(7-9-23(21)31-27(22)33)12-17-4-2-5-20(13-17)30-28(34)26-6-3-11-36-26/h2-11,13-16,31-33H,12H2,1H3,(H,30,34). The van der Waals surface area contributed by atoms with Crippen LogP contribution >= 0.6 is 11.3 Å². The van der Waals surface area contributed by atoms with Crippen LogP contribution in [0.25, 0.3) is 10.9 Å². The molecule has 8 heteroatoms. The van der Waals surface area contributed by atoms with Crippen molar-refractivity contribution in [3.8, 4) is 17.4 Å². The molecule has 0 saturated heterocycles. The Bertz CT molecular complexity index is 1570. The zero-order chi connectivity index (χ0) is 25.1. The number of nitrogens with one attached hydrogen (secondary N) is 2. The smallest absolute Gasteiger partial charge is 0.265 e. The lowest BCUT2D eigenvalue weighted by Gasteiger charge is -2.07. The van der Waals surface area contributed by atoms with Crippen LogP contribution in [0.3, 0.4) is 0 Å². The SMILES string of the molecule is COc1ccc(N=Cc2c(O)[nH]c3ccc(Cc4cccc(NC(=O)c5cccs5)c4)cc23)cc1O. The highest BCUT2D eigenvalue weighted by Crippen LogP contribution is 2.31. The summed E-state index contributed by atoms with van der Waals surface area (Å²) in [6, 6.07) is 22.2. The van der Waals surface area contributed by atoms with E-state index in [0.717, 1.165) is 27.7 Å². The first-order chi connectivity index (χ1) is 17.5. The second-order valence-corrected chi connectivity index (χ2v) is 9.14. The number of phenols is 1. The summed E-state index contributed by atoms with van der Waals surface area (Å²) >= 11 is 1.40. The van der Waals surface area contributed by atoms with Crippen LogP contribution in [0.4, 0.5) is 11.4 Å². The predicted molar refractivity (Wildman–Crippen MR) is 143 cm³/mol. The summed E-state index contributed by atoms with van der Waals surface area (Å²) in [5, 5.41) is 26.1. The zero-order valence-corrected chi connectivity index (χ0v) is 20.2. The van der Waals surface area contributed by atoms with E-state index >= 15 is 0 Å². The molecule has 0 atom stereocenters. The Hall–Kier alpha value is -4.56. The van der Waals surface area contributed by atoms with Gasteiger partial charge in [0.05, 0.1) is 23.2 Å². The van der Waals surface area contributed by atoms with Crippen LogP contribution in [0.15, 0.2) is 83.2 Å². The average Bonchev–Trinajstić information content (AvgIpc) is 3.51. The molecule has 0 unspecified atom stereocenters. The lowest BCUT2D eigenvalue weighted by atomic mass is 10.0. The molecule has 0 radical (unpaired) electrons. The molecule has 2 aromatic heterocycles. The van der Waals surface area contributed by atoms with Crippen molar-refractivity contribution in [2.45, 2.75) is 6.42 Å². The van der Waals surface area contributed by atoms with E-state index in [9.17, 15) is 15.0 Å². The summed E-state index contributed by atoms with van der Waals surface area (Å²) in [7, 11) is 1.48. The molecule has 0 aliphatic rings. The third-order valence-corrected chi connectivity index (χ3v) is 6.59. The highest BCUT2D eigenvalue weighted by atomic mass is 32.1. The first kappa shape index (κ1) is 23.2. The monoisotopic (exact) mass is 497 g/mol. The van der Waals surface area contributed by atoms with E-state index in [1.807, 2.05) is 53.9 Å². The highest BCUT2D eigenvalue weighted by molar-refractivity contribution is 7.12. The molecular formula is C28H23N3O4S. The van der Waals surface area contributed by atoms with Gasteiger partial charge in [-0.15, -0.1) is 11.3 Å². The van der Waals surface area contributed by atoms with Crippen LogP contribution < -0.4 is 10.1 Å². The molecule has 1 amide bonds. The van der Waals surface area contributed by atoms with Crippen LogP contribution in [0.5, 0.6) is 17.4 Å². The molecule has 3 aromatic carbocycles. The van der Waals surface area contributed by atoms with E-state index in [-0.39, 0.29) is 17.5 Å². The summed E-state index contributed by atoms with van der Waals surface area (Å²) in [5.74, 6) is 0.248. The van der Waals surface area contributed by atoms with Crippen molar-refractivity contribution < 1.29 is 19.7 Å². The number of amides is 1. The van der Waals surface area contributed by atoms with Crippen molar-refractivity contribution in [3.05, 3.63) is 99.7 Å². The maximum atomic E-state index is 12.4. The molecule has 0 saturated carbocycles. The van der Waals surface area contributed by atoms with Gasteiger partial charge in [0.25, 0.3) is 5.91 Å². The van der Waals surface area contributed by atoms with Gasteiger partial charge in [-0.2, -0.15) is 0 Å². The molecular weight excluding hydrogens is 474 g/mol. The maximum absolute atomic E-state index is 12.4. The number of aliphatic imine (C=N–C) groups is 1. The largest absolute Gasteiger partial charge is 0.504 e. The third-order valence-electron chi connectivity index (χ3n) is 5.73. The topological polar surface area (TPSA) is 107 Å². The Labute approximate surface area is 211 Å². The molecule has 36 heavy (non-hydrogen) atoms. The molecule has 5 aromatic rings. The normalized spacial score (nSPS) is 11.2. The Balaban J connectivity index is 1.38. The van der Waals surface area contributed by atoms with Gasteiger partial charge in [0.1, 0.15) is 0 Å². The highest BCUT2D eigenvalue weighted by Gasteiger charge is 2.11.